The van der Waals surface area contributed by atoms with Crippen molar-refractivity contribution in [2.45, 2.75) is 24.9 Å². The van der Waals surface area contributed by atoms with Gasteiger partial charge in [-0.25, -0.2) is 0 Å². The summed E-state index contributed by atoms with van der Waals surface area (Å²) >= 11 is 4.83. The van der Waals surface area contributed by atoms with Crippen molar-refractivity contribution < 1.29 is 27.5 Å². The van der Waals surface area contributed by atoms with Gasteiger partial charge in [-0.15, -0.1) is 0 Å². The molecule has 2 aromatic rings. The van der Waals surface area contributed by atoms with Gasteiger partial charge < -0.3 is 20.2 Å². The van der Waals surface area contributed by atoms with Gasteiger partial charge in [-0.1, -0.05) is 30.3 Å². The third-order valence-corrected chi connectivity index (χ3v) is 4.43. The van der Waals surface area contributed by atoms with Gasteiger partial charge in [0, 0.05) is 5.56 Å². The molecule has 1 aliphatic heterocycles. The summed E-state index contributed by atoms with van der Waals surface area (Å²) in [6.07, 6.45) is -5.16. The van der Waals surface area contributed by atoms with E-state index in [2.05, 4.69) is 5.32 Å². The molecule has 1 aromatic heterocycles. The van der Waals surface area contributed by atoms with E-state index >= 15 is 0 Å². The zero-order valence-electron chi connectivity index (χ0n) is 13.5. The first-order valence-electron chi connectivity index (χ1n) is 7.67. The number of rotatable bonds is 3. The van der Waals surface area contributed by atoms with Crippen molar-refractivity contribution in [3.8, 4) is 0 Å². The van der Waals surface area contributed by atoms with Crippen LogP contribution in [0.25, 0.3) is 0 Å². The van der Waals surface area contributed by atoms with Crippen LogP contribution in [0.1, 0.15) is 27.9 Å². The van der Waals surface area contributed by atoms with Crippen LogP contribution in [-0.2, 0) is 0 Å². The number of nitrogens with one attached hydrogen (secondary N) is 2. The summed E-state index contributed by atoms with van der Waals surface area (Å²) in [5, 5.41) is 14.5. The Morgan fingerprint density at radius 3 is 2.42 bits per heavy atom. The van der Waals surface area contributed by atoms with Crippen LogP contribution in [0.5, 0.6) is 0 Å². The summed E-state index contributed by atoms with van der Waals surface area (Å²) in [5.41, 5.74) is -3.52. The van der Waals surface area contributed by atoms with Gasteiger partial charge in [-0.05, 0) is 31.3 Å². The molecular weight excluding hydrogens is 369 g/mol. The first kappa shape index (κ1) is 18.4. The molecule has 9 heteroatoms. The maximum Gasteiger partial charge on any atom is 0.437 e. The van der Waals surface area contributed by atoms with Gasteiger partial charge in [0.15, 0.2) is 10.9 Å². The number of furan rings is 1. The summed E-state index contributed by atoms with van der Waals surface area (Å²) in [7, 11) is 0. The fourth-order valence-corrected chi connectivity index (χ4v) is 3.26. The predicted octanol–water partition coefficient (Wildman–Crippen LogP) is 2.86. The van der Waals surface area contributed by atoms with Crippen molar-refractivity contribution in [3.05, 3.63) is 59.5 Å². The lowest BCUT2D eigenvalue weighted by Crippen LogP contribution is -2.72. The van der Waals surface area contributed by atoms with E-state index < -0.39 is 34.8 Å². The van der Waals surface area contributed by atoms with Crippen LogP contribution >= 0.6 is 12.2 Å². The highest BCUT2D eigenvalue weighted by atomic mass is 32.1. The van der Waals surface area contributed by atoms with Crippen LogP contribution in [0.15, 0.2) is 46.9 Å². The van der Waals surface area contributed by atoms with Gasteiger partial charge in [0.1, 0.15) is 23.5 Å². The predicted molar refractivity (Wildman–Crippen MR) is 90.3 cm³/mol. The lowest BCUT2D eigenvalue weighted by atomic mass is 9.79. The lowest BCUT2D eigenvalue weighted by Gasteiger charge is -2.45. The number of ketones is 1. The van der Waals surface area contributed by atoms with Crippen LogP contribution < -0.4 is 10.6 Å². The number of aryl methyl sites for hydroxylation is 1. The molecule has 1 aromatic carbocycles. The summed E-state index contributed by atoms with van der Waals surface area (Å²) in [6, 6.07) is 9.17. The number of Topliss-reactive ketones (excluding diaryl/α,β-unsaturated/α-hetero) is 1. The molecule has 5 nitrogen and oxygen atoms in total. The number of aliphatic hydroxyl groups is 1. The van der Waals surface area contributed by atoms with Crippen LogP contribution in [0.3, 0.4) is 0 Å². The van der Waals surface area contributed by atoms with Crippen molar-refractivity contribution in [2.24, 2.45) is 5.92 Å². The number of halogens is 3. The van der Waals surface area contributed by atoms with E-state index in [1.54, 1.807) is 19.1 Å². The van der Waals surface area contributed by atoms with Gasteiger partial charge in [0.05, 0.1) is 0 Å². The first-order valence-corrected chi connectivity index (χ1v) is 8.07. The van der Waals surface area contributed by atoms with E-state index in [0.717, 1.165) is 0 Å². The molecule has 1 aliphatic rings. The van der Waals surface area contributed by atoms with Crippen LogP contribution in [0, 0.1) is 12.8 Å². The Bertz CT molecular complexity index is 837. The Labute approximate surface area is 152 Å². The number of carbonyl (C=O) groups is 1. The molecule has 3 atom stereocenters. The first-order chi connectivity index (χ1) is 12.1. The van der Waals surface area contributed by atoms with Crippen LogP contribution in [0.4, 0.5) is 13.2 Å². The second kappa shape index (κ2) is 6.40. The molecule has 1 saturated heterocycles. The van der Waals surface area contributed by atoms with Crippen molar-refractivity contribution in [1.82, 2.24) is 10.6 Å². The maximum atomic E-state index is 13.7. The van der Waals surface area contributed by atoms with Gasteiger partial charge in [0.2, 0.25) is 5.72 Å². The molecule has 0 bridgehead atoms. The minimum absolute atomic E-state index is 0.0323. The minimum atomic E-state index is -5.16. The molecule has 138 valence electrons. The standard InChI is InChI=1S/C17H15F3N2O3S/c1-9-7-8-11(25-9)13-12(14(23)10-5-3-2-4-6-10)16(24,17(18,19)20)22-15(26)21-13/h2-8,12-13,24H,1H3,(H2,21,22,26)/t12-,13-,16+/m0/s1. The van der Waals surface area contributed by atoms with Crippen molar-refractivity contribution in [1.29, 1.82) is 0 Å². The molecule has 0 radical (unpaired) electrons. The van der Waals surface area contributed by atoms with E-state index in [9.17, 15) is 23.1 Å². The normalized spacial score (nSPS) is 26.1. The molecule has 3 N–H and O–H groups in total. The second-order valence-electron chi connectivity index (χ2n) is 6.00. The topological polar surface area (TPSA) is 74.5 Å². The fraction of sp³-hybridized carbons (Fsp3) is 0.294. The van der Waals surface area contributed by atoms with E-state index in [4.69, 9.17) is 16.6 Å². The number of hydrogen-bond acceptors (Lipinski definition) is 4. The van der Waals surface area contributed by atoms with E-state index in [0.29, 0.717) is 5.76 Å². The zero-order chi connectivity index (χ0) is 19.1. The van der Waals surface area contributed by atoms with Crippen LogP contribution in [0.2, 0.25) is 0 Å². The number of benzene rings is 1. The van der Waals surface area contributed by atoms with Crippen molar-refractivity contribution >= 4 is 23.1 Å². The number of thiocarbonyl (C=S) groups is 1. The Kier molecular flexibility index (Phi) is 4.53. The van der Waals surface area contributed by atoms with Crippen molar-refractivity contribution in [3.63, 3.8) is 0 Å². The number of alkyl halides is 3. The molecule has 0 unspecified atom stereocenters. The Balaban J connectivity index is 2.15. The highest BCUT2D eigenvalue weighted by Crippen LogP contribution is 2.44. The van der Waals surface area contributed by atoms with Gasteiger partial charge in [0.25, 0.3) is 0 Å². The average Bonchev–Trinajstić information content (AvgIpc) is 3.00. The molecule has 26 heavy (non-hydrogen) atoms. The van der Waals surface area contributed by atoms with Gasteiger partial charge in [-0.3, -0.25) is 4.79 Å². The molecule has 0 spiro atoms. The number of carbonyl (C=O) groups excluding carboxylic acids is 1. The third kappa shape index (κ3) is 3.08. The molecule has 2 heterocycles. The van der Waals surface area contributed by atoms with Gasteiger partial charge in [-0.2, -0.15) is 13.2 Å². The average molecular weight is 384 g/mol. The van der Waals surface area contributed by atoms with Crippen LogP contribution in [-0.4, -0.2) is 27.9 Å². The molecule has 0 saturated carbocycles. The monoisotopic (exact) mass is 384 g/mol. The Hall–Kier alpha value is -2.39. The fourth-order valence-electron chi connectivity index (χ4n) is 2.98. The molecule has 3 rings (SSSR count). The minimum Gasteiger partial charge on any atom is -0.464 e. The Morgan fingerprint density at radius 2 is 1.88 bits per heavy atom. The maximum absolute atomic E-state index is 13.7. The molecule has 0 amide bonds. The largest absolute Gasteiger partial charge is 0.464 e. The third-order valence-electron chi connectivity index (χ3n) is 4.21. The zero-order valence-corrected chi connectivity index (χ0v) is 14.3. The quantitative estimate of drug-likeness (QED) is 0.558. The number of hydrogen-bond donors (Lipinski definition) is 3. The lowest BCUT2D eigenvalue weighted by molar-refractivity contribution is -0.286. The Morgan fingerprint density at radius 1 is 1.23 bits per heavy atom. The van der Waals surface area contributed by atoms with Crippen molar-refractivity contribution in [2.75, 3.05) is 0 Å². The summed E-state index contributed by atoms with van der Waals surface area (Å²) in [5.74, 6) is -2.33. The van der Waals surface area contributed by atoms with E-state index in [1.165, 1.54) is 30.3 Å². The van der Waals surface area contributed by atoms with Gasteiger partial charge >= 0.3 is 6.18 Å². The molecule has 0 aliphatic carbocycles. The SMILES string of the molecule is Cc1ccc([C@@H]2NC(=S)N[C@](O)(C(F)(F)F)[C@@H]2C(=O)c2ccccc2)o1. The van der Waals surface area contributed by atoms with E-state index in [1.807, 2.05) is 5.32 Å². The summed E-state index contributed by atoms with van der Waals surface area (Å²) in [4.78, 5) is 12.9. The molecule has 1 fully saturated rings. The van der Waals surface area contributed by atoms with E-state index in [-0.39, 0.29) is 11.3 Å². The highest BCUT2D eigenvalue weighted by molar-refractivity contribution is 7.80. The smallest absolute Gasteiger partial charge is 0.437 e. The summed E-state index contributed by atoms with van der Waals surface area (Å²) < 4.78 is 46.6. The second-order valence-corrected chi connectivity index (χ2v) is 6.40. The summed E-state index contributed by atoms with van der Waals surface area (Å²) in [6.45, 7) is 1.62. The molecular formula is C17H15F3N2O3S. The highest BCUT2D eigenvalue weighted by Gasteiger charge is 2.66.